The van der Waals surface area contributed by atoms with Crippen LogP contribution >= 0.6 is 0 Å². The molecule has 0 saturated carbocycles. The molecule has 1 heterocycles. The van der Waals surface area contributed by atoms with Crippen molar-refractivity contribution in [2.24, 2.45) is 0 Å². The van der Waals surface area contributed by atoms with E-state index in [9.17, 15) is 13.2 Å². The zero-order valence-corrected chi connectivity index (χ0v) is 15.0. The van der Waals surface area contributed by atoms with Crippen molar-refractivity contribution in [2.75, 3.05) is 19.4 Å². The average Bonchev–Trinajstić information content (AvgIpc) is 2.59. The third-order valence-corrected chi connectivity index (χ3v) is 4.63. The van der Waals surface area contributed by atoms with Gasteiger partial charge in [0.25, 0.3) is 0 Å². The lowest BCUT2D eigenvalue weighted by Crippen LogP contribution is -2.26. The number of hydrogen-bond donors (Lipinski definition) is 1. The predicted molar refractivity (Wildman–Crippen MR) is 95.2 cm³/mol. The van der Waals surface area contributed by atoms with Crippen LogP contribution in [0.2, 0.25) is 0 Å². The second-order valence-corrected chi connectivity index (χ2v) is 7.63. The lowest BCUT2D eigenvalue weighted by atomic mass is 10.2. The van der Waals surface area contributed by atoms with E-state index in [0.717, 1.165) is 11.9 Å². The summed E-state index contributed by atoms with van der Waals surface area (Å²) in [6, 6.07) is 12.0. The smallest absolute Gasteiger partial charge is 0.220 e. The minimum Gasteiger partial charge on any atom is -0.494 e. The number of carbonyl (C=O) groups excluding carboxylic acids is 1. The SMILES string of the molecule is CS(=O)(=O)c1ccc(OCCCC(=O)NCCc2ccccn2)cc1. The molecule has 0 aliphatic rings. The van der Waals surface area contributed by atoms with Gasteiger partial charge in [0, 0.05) is 37.5 Å². The molecule has 2 aromatic rings. The quantitative estimate of drug-likeness (QED) is 0.690. The summed E-state index contributed by atoms with van der Waals surface area (Å²) in [5.41, 5.74) is 0.948. The van der Waals surface area contributed by atoms with E-state index in [-0.39, 0.29) is 10.8 Å². The van der Waals surface area contributed by atoms with E-state index < -0.39 is 9.84 Å². The number of sulfone groups is 1. The minimum absolute atomic E-state index is 0.0213. The van der Waals surface area contributed by atoms with Gasteiger partial charge >= 0.3 is 0 Å². The van der Waals surface area contributed by atoms with Gasteiger partial charge in [-0.2, -0.15) is 0 Å². The molecule has 0 fully saturated rings. The van der Waals surface area contributed by atoms with Crippen molar-refractivity contribution in [3.05, 3.63) is 54.4 Å². The van der Waals surface area contributed by atoms with Crippen LogP contribution in [0.1, 0.15) is 18.5 Å². The molecule has 0 aliphatic heterocycles. The lowest BCUT2D eigenvalue weighted by molar-refractivity contribution is -0.121. The van der Waals surface area contributed by atoms with Gasteiger partial charge in [-0.3, -0.25) is 9.78 Å². The summed E-state index contributed by atoms with van der Waals surface area (Å²) in [7, 11) is -3.20. The number of nitrogens with zero attached hydrogens (tertiary/aromatic N) is 1. The van der Waals surface area contributed by atoms with Crippen LogP contribution in [0.5, 0.6) is 5.75 Å². The normalized spacial score (nSPS) is 11.1. The van der Waals surface area contributed by atoms with Crippen LogP contribution in [0.15, 0.2) is 53.6 Å². The highest BCUT2D eigenvalue weighted by atomic mass is 32.2. The van der Waals surface area contributed by atoms with E-state index in [4.69, 9.17) is 4.74 Å². The van der Waals surface area contributed by atoms with Crippen LogP contribution < -0.4 is 10.1 Å². The van der Waals surface area contributed by atoms with Crippen LogP contribution in [-0.4, -0.2) is 38.7 Å². The van der Waals surface area contributed by atoms with Crippen molar-refractivity contribution < 1.29 is 17.9 Å². The Balaban J connectivity index is 1.61. The molecule has 7 heteroatoms. The molecule has 0 saturated heterocycles. The molecule has 0 atom stereocenters. The summed E-state index contributed by atoms with van der Waals surface area (Å²) < 4.78 is 28.2. The van der Waals surface area contributed by atoms with E-state index in [2.05, 4.69) is 10.3 Å². The molecule has 0 unspecified atom stereocenters. The first-order chi connectivity index (χ1) is 11.9. The molecule has 1 aromatic carbocycles. The molecule has 1 aromatic heterocycles. The predicted octanol–water partition coefficient (Wildman–Crippen LogP) is 2.00. The van der Waals surface area contributed by atoms with Crippen LogP contribution in [0.4, 0.5) is 0 Å². The van der Waals surface area contributed by atoms with E-state index in [0.29, 0.717) is 38.2 Å². The highest BCUT2D eigenvalue weighted by Crippen LogP contribution is 2.16. The fraction of sp³-hybridized carbons (Fsp3) is 0.333. The van der Waals surface area contributed by atoms with Gasteiger partial charge in [-0.15, -0.1) is 0 Å². The summed E-state index contributed by atoms with van der Waals surface area (Å²) in [6.45, 7) is 0.954. The summed E-state index contributed by atoms with van der Waals surface area (Å²) in [4.78, 5) is 16.2. The first-order valence-corrected chi connectivity index (χ1v) is 9.94. The Labute approximate surface area is 148 Å². The molecule has 0 bridgehead atoms. The largest absolute Gasteiger partial charge is 0.494 e. The molecular formula is C18H22N2O4S. The maximum atomic E-state index is 11.7. The zero-order chi connectivity index (χ0) is 18.1. The summed E-state index contributed by atoms with van der Waals surface area (Å²) in [6.07, 6.45) is 4.56. The zero-order valence-electron chi connectivity index (χ0n) is 14.1. The Hall–Kier alpha value is -2.41. The molecule has 0 spiro atoms. The molecular weight excluding hydrogens is 340 g/mol. The van der Waals surface area contributed by atoms with Crippen molar-refractivity contribution >= 4 is 15.7 Å². The second-order valence-electron chi connectivity index (χ2n) is 5.62. The first-order valence-electron chi connectivity index (χ1n) is 8.05. The van der Waals surface area contributed by atoms with E-state index in [1.54, 1.807) is 18.3 Å². The molecule has 0 radical (unpaired) electrons. The number of hydrogen-bond acceptors (Lipinski definition) is 5. The molecule has 2 rings (SSSR count). The minimum atomic E-state index is -3.20. The van der Waals surface area contributed by atoms with Crippen molar-refractivity contribution in [1.82, 2.24) is 10.3 Å². The van der Waals surface area contributed by atoms with Crippen molar-refractivity contribution in [1.29, 1.82) is 0 Å². The number of amides is 1. The van der Waals surface area contributed by atoms with Gasteiger partial charge in [-0.25, -0.2) is 8.42 Å². The van der Waals surface area contributed by atoms with Gasteiger partial charge in [0.1, 0.15) is 5.75 Å². The van der Waals surface area contributed by atoms with Gasteiger partial charge < -0.3 is 10.1 Å². The molecule has 6 nitrogen and oxygen atoms in total. The second kappa shape index (κ2) is 9.17. The molecule has 134 valence electrons. The monoisotopic (exact) mass is 362 g/mol. The van der Waals surface area contributed by atoms with Crippen LogP contribution in [0.25, 0.3) is 0 Å². The number of benzene rings is 1. The summed E-state index contributed by atoms with van der Waals surface area (Å²) in [5, 5.41) is 2.85. The van der Waals surface area contributed by atoms with Crippen LogP contribution in [0, 0.1) is 0 Å². The Kier molecular flexibility index (Phi) is 6.94. The highest BCUT2D eigenvalue weighted by Gasteiger charge is 2.06. The number of ether oxygens (including phenoxy) is 1. The molecule has 25 heavy (non-hydrogen) atoms. The summed E-state index contributed by atoms with van der Waals surface area (Å²) >= 11 is 0. The third kappa shape index (κ3) is 6.93. The molecule has 1 N–H and O–H groups in total. The van der Waals surface area contributed by atoms with Gasteiger partial charge in [-0.05, 0) is 42.8 Å². The number of nitrogens with one attached hydrogen (secondary N) is 1. The maximum Gasteiger partial charge on any atom is 0.220 e. The molecule has 0 aliphatic carbocycles. The number of pyridine rings is 1. The van der Waals surface area contributed by atoms with Crippen molar-refractivity contribution in [2.45, 2.75) is 24.2 Å². The third-order valence-electron chi connectivity index (χ3n) is 3.50. The number of rotatable bonds is 9. The van der Waals surface area contributed by atoms with E-state index in [1.165, 1.54) is 12.1 Å². The highest BCUT2D eigenvalue weighted by molar-refractivity contribution is 7.90. The molecule has 1 amide bonds. The Morgan fingerprint density at radius 3 is 2.56 bits per heavy atom. The number of aromatic nitrogens is 1. The topological polar surface area (TPSA) is 85.4 Å². The fourth-order valence-electron chi connectivity index (χ4n) is 2.17. The van der Waals surface area contributed by atoms with E-state index >= 15 is 0 Å². The Morgan fingerprint density at radius 1 is 1.16 bits per heavy atom. The van der Waals surface area contributed by atoms with Crippen LogP contribution in [-0.2, 0) is 21.1 Å². The van der Waals surface area contributed by atoms with Crippen LogP contribution in [0.3, 0.4) is 0 Å². The van der Waals surface area contributed by atoms with Gasteiger partial charge in [0.05, 0.1) is 11.5 Å². The lowest BCUT2D eigenvalue weighted by Gasteiger charge is -2.07. The fourth-order valence-corrected chi connectivity index (χ4v) is 2.80. The Morgan fingerprint density at radius 2 is 1.92 bits per heavy atom. The average molecular weight is 362 g/mol. The van der Waals surface area contributed by atoms with Crippen molar-refractivity contribution in [3.63, 3.8) is 0 Å². The van der Waals surface area contributed by atoms with Gasteiger partial charge in [0.2, 0.25) is 5.91 Å². The van der Waals surface area contributed by atoms with Gasteiger partial charge in [0.15, 0.2) is 9.84 Å². The number of carbonyl (C=O) groups is 1. The van der Waals surface area contributed by atoms with Gasteiger partial charge in [-0.1, -0.05) is 6.07 Å². The van der Waals surface area contributed by atoms with E-state index in [1.807, 2.05) is 18.2 Å². The standard InChI is InChI=1S/C18H22N2O4S/c1-25(22,23)17-9-7-16(8-10-17)24-14-4-6-18(21)20-13-11-15-5-2-3-12-19-15/h2-3,5,7-10,12H,4,6,11,13-14H2,1H3,(H,20,21). The first kappa shape index (κ1) is 18.9. The summed E-state index contributed by atoms with van der Waals surface area (Å²) in [5.74, 6) is 0.565. The Bertz CT molecular complexity index is 774. The maximum absolute atomic E-state index is 11.7. The van der Waals surface area contributed by atoms with Crippen molar-refractivity contribution in [3.8, 4) is 5.75 Å².